The zero-order chi connectivity index (χ0) is 28.5. The minimum Gasteiger partial charge on any atom is -0.415 e. The van der Waals surface area contributed by atoms with Crippen LogP contribution in [0.4, 0.5) is 0 Å². The van der Waals surface area contributed by atoms with E-state index in [-0.39, 0.29) is 28.6 Å². The first-order chi connectivity index (χ1) is 17.2. The Morgan fingerprint density at radius 2 is 1.55 bits per heavy atom. The Morgan fingerprint density at radius 3 is 2.13 bits per heavy atom. The molecule has 4 rings (SSSR count). The number of allylic oxidation sites excluding steroid dienone is 1. The summed E-state index contributed by atoms with van der Waals surface area (Å²) in [5.74, 6) is 1.40. The van der Waals surface area contributed by atoms with Gasteiger partial charge in [0.2, 0.25) is 0 Å². The van der Waals surface area contributed by atoms with Crippen LogP contribution in [0.3, 0.4) is 0 Å². The van der Waals surface area contributed by atoms with Crippen molar-refractivity contribution in [1.29, 1.82) is 0 Å². The van der Waals surface area contributed by atoms with E-state index in [0.29, 0.717) is 37.1 Å². The van der Waals surface area contributed by atoms with E-state index in [1.165, 1.54) is 5.57 Å². The Kier molecular flexibility index (Phi) is 7.93. The van der Waals surface area contributed by atoms with Crippen LogP contribution in [-0.2, 0) is 22.9 Å². The van der Waals surface area contributed by atoms with Crippen molar-refractivity contribution in [3.05, 3.63) is 11.6 Å². The van der Waals surface area contributed by atoms with Crippen LogP contribution in [0, 0.1) is 28.6 Å². The van der Waals surface area contributed by atoms with E-state index in [1.54, 1.807) is 0 Å². The topological polar surface area (TPSA) is 61.8 Å². The summed E-state index contributed by atoms with van der Waals surface area (Å²) in [7, 11) is -5.75. The summed E-state index contributed by atoms with van der Waals surface area (Å²) in [5.41, 5.74) is 0.246. The van der Waals surface area contributed by atoms with E-state index < -0.39 is 30.6 Å². The van der Waals surface area contributed by atoms with Crippen LogP contribution in [0.1, 0.15) is 58.8 Å². The third kappa shape index (κ3) is 5.56. The highest BCUT2D eigenvalue weighted by atomic mass is 28.4. The molecule has 0 N–H and O–H groups in total. The molecule has 0 spiro atoms. The van der Waals surface area contributed by atoms with Gasteiger partial charge in [-0.3, -0.25) is 9.59 Å². The van der Waals surface area contributed by atoms with E-state index in [1.807, 2.05) is 6.08 Å². The Morgan fingerprint density at radius 1 is 0.895 bits per heavy atom. The van der Waals surface area contributed by atoms with Gasteiger partial charge in [0.1, 0.15) is 5.78 Å². The minimum atomic E-state index is -2.01. The summed E-state index contributed by atoms with van der Waals surface area (Å²) in [5, 5.41) is 0. The molecule has 0 saturated heterocycles. The molecule has 4 aliphatic rings. The van der Waals surface area contributed by atoms with Crippen molar-refractivity contribution in [2.75, 3.05) is 6.61 Å². The van der Waals surface area contributed by atoms with Crippen molar-refractivity contribution in [2.24, 2.45) is 28.6 Å². The second-order valence-corrected chi connectivity index (χ2v) is 29.6. The van der Waals surface area contributed by atoms with E-state index in [2.05, 4.69) is 72.8 Å². The van der Waals surface area contributed by atoms with Gasteiger partial charge in [-0.25, -0.2) is 0 Å². The number of hydrogen-bond donors (Lipinski definition) is 0. The highest BCUT2D eigenvalue weighted by Crippen LogP contribution is 2.68. The Hall–Kier alpha value is -0.389. The van der Waals surface area contributed by atoms with Gasteiger partial charge in [0.15, 0.2) is 30.7 Å². The van der Waals surface area contributed by atoms with Crippen molar-refractivity contribution in [3.8, 4) is 0 Å². The maximum Gasteiger partial charge on any atom is 0.184 e. The average molecular weight is 579 g/mol. The van der Waals surface area contributed by atoms with Gasteiger partial charge in [-0.05, 0) is 114 Å². The van der Waals surface area contributed by atoms with Gasteiger partial charge in [-0.15, -0.1) is 0 Å². The van der Waals surface area contributed by atoms with Crippen molar-refractivity contribution < 1.29 is 22.9 Å². The summed E-state index contributed by atoms with van der Waals surface area (Å²) in [6.07, 6.45) is 7.58. The van der Waals surface area contributed by atoms with Gasteiger partial charge in [0.05, 0.1) is 18.3 Å². The standard InChI is InChI=1S/C30H54O5Si3/c1-28-16-14-22(31)18-21(28)12-13-23-24-15-17-30(35-38(9,10)11,29(24,2)19-25(32)27(23)28)26(34-37(6,7)8)20-33-36(3,4)5/h18,23-24,26-27H,12-17,19-20H2,1-11H3/t23-,24-,26+,27+,28-,29-,30-/m0/s1. The van der Waals surface area contributed by atoms with Crippen LogP contribution in [0.5, 0.6) is 0 Å². The van der Waals surface area contributed by atoms with E-state index in [9.17, 15) is 9.59 Å². The fraction of sp³-hybridized carbons (Fsp3) is 0.867. The molecule has 7 atom stereocenters. The molecule has 0 bridgehead atoms. The van der Waals surface area contributed by atoms with E-state index in [0.717, 1.165) is 32.1 Å². The molecule has 0 aromatic carbocycles. The van der Waals surface area contributed by atoms with Crippen molar-refractivity contribution in [2.45, 2.75) is 129 Å². The van der Waals surface area contributed by atoms with Crippen LogP contribution >= 0.6 is 0 Å². The second-order valence-electron chi connectivity index (χ2n) is 16.2. The molecule has 0 aliphatic heterocycles. The molecule has 3 fully saturated rings. The number of carbonyl (C=O) groups is 2. The molecule has 5 nitrogen and oxygen atoms in total. The molecular formula is C30H54O5Si3. The monoisotopic (exact) mass is 578 g/mol. The lowest BCUT2D eigenvalue weighted by molar-refractivity contribution is -0.176. The smallest absolute Gasteiger partial charge is 0.184 e. The lowest BCUT2D eigenvalue weighted by Gasteiger charge is -2.61. The molecular weight excluding hydrogens is 525 g/mol. The maximum absolute atomic E-state index is 14.4. The quantitative estimate of drug-likeness (QED) is 0.282. The fourth-order valence-corrected chi connectivity index (χ4v) is 12.1. The maximum atomic E-state index is 14.4. The second kappa shape index (κ2) is 9.86. The largest absolute Gasteiger partial charge is 0.415 e. The number of fused-ring (bicyclic) bond motifs is 5. The van der Waals surface area contributed by atoms with Gasteiger partial charge in [0, 0.05) is 24.2 Å². The van der Waals surface area contributed by atoms with Gasteiger partial charge in [0.25, 0.3) is 0 Å². The van der Waals surface area contributed by atoms with Gasteiger partial charge < -0.3 is 13.3 Å². The summed E-state index contributed by atoms with van der Waals surface area (Å²) in [6, 6.07) is 0. The molecule has 0 unspecified atom stereocenters. The number of rotatable bonds is 8. The molecule has 216 valence electrons. The van der Waals surface area contributed by atoms with Crippen molar-refractivity contribution in [1.82, 2.24) is 0 Å². The Bertz CT molecular complexity index is 989. The summed E-state index contributed by atoms with van der Waals surface area (Å²) in [6.45, 7) is 25.5. The first-order valence-electron chi connectivity index (χ1n) is 15.0. The predicted molar refractivity (Wildman–Crippen MR) is 162 cm³/mol. The van der Waals surface area contributed by atoms with Crippen LogP contribution in [0.25, 0.3) is 0 Å². The Labute approximate surface area is 235 Å². The SMILES string of the molecule is C[C@]12CCC(=O)C=C1CC[C@@H]1[C@@H]2C(=O)C[C@@]2(C)[C@H]1CC[C@]2(O[Si](C)(C)C)[C@@H](CO[Si](C)(C)C)O[Si](C)(C)C. The van der Waals surface area contributed by atoms with E-state index >= 15 is 0 Å². The van der Waals surface area contributed by atoms with Crippen molar-refractivity contribution in [3.63, 3.8) is 0 Å². The number of hydrogen-bond acceptors (Lipinski definition) is 5. The molecule has 0 heterocycles. The zero-order valence-corrected chi connectivity index (χ0v) is 29.1. The predicted octanol–water partition coefficient (Wildman–Crippen LogP) is 7.36. The lowest BCUT2D eigenvalue weighted by Crippen LogP contribution is -2.66. The van der Waals surface area contributed by atoms with Crippen molar-refractivity contribution >= 4 is 36.5 Å². The molecule has 38 heavy (non-hydrogen) atoms. The van der Waals surface area contributed by atoms with Crippen LogP contribution in [0.15, 0.2) is 11.6 Å². The number of carbonyl (C=O) groups excluding carboxylic acids is 2. The highest BCUT2D eigenvalue weighted by molar-refractivity contribution is 6.70. The first kappa shape index (κ1) is 30.6. The molecule has 4 aliphatic carbocycles. The molecule has 0 aromatic heterocycles. The van der Waals surface area contributed by atoms with Crippen LogP contribution in [0.2, 0.25) is 58.9 Å². The molecule has 0 amide bonds. The van der Waals surface area contributed by atoms with E-state index in [4.69, 9.17) is 13.3 Å². The van der Waals surface area contributed by atoms with Crippen LogP contribution in [-0.4, -0.2) is 54.8 Å². The van der Waals surface area contributed by atoms with Gasteiger partial charge >= 0.3 is 0 Å². The summed E-state index contributed by atoms with van der Waals surface area (Å²) in [4.78, 5) is 26.7. The third-order valence-corrected chi connectivity index (χ3v) is 13.0. The highest BCUT2D eigenvalue weighted by Gasteiger charge is 2.70. The third-order valence-electron chi connectivity index (χ3n) is 10.0. The first-order valence-corrected chi connectivity index (χ1v) is 25.2. The number of ketones is 2. The fourth-order valence-electron chi connectivity index (χ4n) is 8.73. The molecule has 0 radical (unpaired) electrons. The van der Waals surface area contributed by atoms with Gasteiger partial charge in [-0.1, -0.05) is 19.4 Å². The molecule has 3 saturated carbocycles. The lowest BCUT2D eigenvalue weighted by atomic mass is 9.45. The van der Waals surface area contributed by atoms with Gasteiger partial charge in [-0.2, -0.15) is 0 Å². The molecule has 8 heteroatoms. The molecule has 0 aromatic rings. The normalized spacial score (nSPS) is 38.8. The minimum absolute atomic E-state index is 0.0194. The summed E-state index contributed by atoms with van der Waals surface area (Å²) >= 11 is 0. The Balaban J connectivity index is 1.79. The average Bonchev–Trinajstić information content (AvgIpc) is 3.01. The zero-order valence-electron chi connectivity index (χ0n) is 26.1. The van der Waals surface area contributed by atoms with Crippen LogP contribution < -0.4 is 0 Å². The summed E-state index contributed by atoms with van der Waals surface area (Å²) < 4.78 is 21.0. The number of Topliss-reactive ketones (excluding diaryl/α,β-unsaturated/α-hetero) is 1.